The Morgan fingerprint density at radius 2 is 1.23 bits per heavy atom. The molecule has 0 saturated heterocycles. The zero-order valence-corrected chi connectivity index (χ0v) is 14.8. The molecule has 0 fully saturated rings. The van der Waals surface area contributed by atoms with E-state index < -0.39 is 0 Å². The summed E-state index contributed by atoms with van der Waals surface area (Å²) in [5.41, 5.74) is 4.91. The Labute approximate surface area is 135 Å². The third kappa shape index (κ3) is 1.96. The summed E-state index contributed by atoms with van der Waals surface area (Å²) in [6.07, 6.45) is 0. The van der Waals surface area contributed by atoms with Crippen LogP contribution in [-0.4, -0.2) is 0 Å². The van der Waals surface area contributed by atoms with Crippen molar-refractivity contribution in [1.82, 2.24) is 0 Å². The van der Waals surface area contributed by atoms with Gasteiger partial charge in [-0.3, -0.25) is 0 Å². The van der Waals surface area contributed by atoms with Gasteiger partial charge >= 0.3 is 0 Å². The van der Waals surface area contributed by atoms with Crippen LogP contribution in [0, 0.1) is 11.3 Å². The van der Waals surface area contributed by atoms with Crippen molar-refractivity contribution in [2.75, 3.05) is 0 Å². The molecule has 116 valence electrons. The van der Waals surface area contributed by atoms with Gasteiger partial charge < -0.3 is 0 Å². The third-order valence-electron chi connectivity index (χ3n) is 5.72. The highest BCUT2D eigenvalue weighted by Gasteiger charge is 2.57. The van der Waals surface area contributed by atoms with Crippen LogP contribution >= 0.6 is 0 Å². The summed E-state index contributed by atoms with van der Waals surface area (Å²) in [7, 11) is 0. The van der Waals surface area contributed by atoms with Gasteiger partial charge in [0.15, 0.2) is 0 Å². The summed E-state index contributed by atoms with van der Waals surface area (Å²) in [6, 6.07) is 20.1. The van der Waals surface area contributed by atoms with E-state index in [1.54, 1.807) is 0 Å². The lowest BCUT2D eigenvalue weighted by atomic mass is 9.56. The molecule has 3 rings (SSSR count). The molecule has 0 amide bonds. The normalized spacial score (nSPS) is 26.7. The maximum Gasteiger partial charge on any atom is 0.0219 e. The average Bonchev–Trinajstić information content (AvgIpc) is 2.65. The topological polar surface area (TPSA) is 0 Å². The van der Waals surface area contributed by atoms with Gasteiger partial charge in [0.25, 0.3) is 0 Å². The van der Waals surface area contributed by atoms with Crippen LogP contribution in [0.5, 0.6) is 0 Å². The van der Waals surface area contributed by atoms with Crippen LogP contribution in [0.25, 0.3) is 0 Å². The Hall–Kier alpha value is -1.56. The molecule has 0 heterocycles. The van der Waals surface area contributed by atoms with Gasteiger partial charge in [-0.2, -0.15) is 0 Å². The lowest BCUT2D eigenvalue weighted by Crippen LogP contribution is -2.45. The quantitative estimate of drug-likeness (QED) is 0.609. The third-order valence-corrected chi connectivity index (χ3v) is 5.72. The lowest BCUT2D eigenvalue weighted by Gasteiger charge is -2.47. The summed E-state index contributed by atoms with van der Waals surface area (Å²) in [4.78, 5) is 0. The van der Waals surface area contributed by atoms with Crippen molar-refractivity contribution in [1.29, 1.82) is 0 Å². The van der Waals surface area contributed by atoms with E-state index in [1.807, 2.05) is 0 Å². The van der Waals surface area contributed by atoms with Gasteiger partial charge in [0.1, 0.15) is 0 Å². The Morgan fingerprint density at radius 3 is 1.77 bits per heavy atom. The van der Waals surface area contributed by atoms with E-state index in [0.717, 1.165) is 0 Å². The first-order valence-corrected chi connectivity index (χ1v) is 8.35. The van der Waals surface area contributed by atoms with Gasteiger partial charge in [-0.15, -0.1) is 0 Å². The molecule has 2 aromatic carbocycles. The van der Waals surface area contributed by atoms with Crippen molar-refractivity contribution in [2.24, 2.45) is 11.3 Å². The second-order valence-electron chi connectivity index (χ2n) is 8.63. The molecule has 0 radical (unpaired) electrons. The number of rotatable bonds is 1. The van der Waals surface area contributed by atoms with Crippen molar-refractivity contribution >= 4 is 0 Å². The molecule has 1 aliphatic rings. The van der Waals surface area contributed by atoms with E-state index in [4.69, 9.17) is 0 Å². The second-order valence-corrected chi connectivity index (χ2v) is 8.63. The Morgan fingerprint density at radius 1 is 0.727 bits per heavy atom. The standard InChI is InChI=1S/C22H28/c1-20(2,3)19-21(4,5)17-14-10-11-15-18(17)22(19,6)16-12-8-7-9-13-16/h7-15,19H,1-6H3. The monoisotopic (exact) mass is 292 g/mol. The van der Waals surface area contributed by atoms with E-state index in [-0.39, 0.29) is 16.2 Å². The van der Waals surface area contributed by atoms with Crippen LogP contribution in [0.1, 0.15) is 58.2 Å². The van der Waals surface area contributed by atoms with E-state index in [1.165, 1.54) is 16.7 Å². The summed E-state index contributed by atoms with van der Waals surface area (Å²) >= 11 is 0. The van der Waals surface area contributed by atoms with Crippen LogP contribution < -0.4 is 0 Å². The summed E-state index contributed by atoms with van der Waals surface area (Å²) < 4.78 is 0. The minimum absolute atomic E-state index is 0.0552. The fourth-order valence-electron chi connectivity index (χ4n) is 5.59. The first-order chi connectivity index (χ1) is 10.2. The van der Waals surface area contributed by atoms with E-state index >= 15 is 0 Å². The first kappa shape index (κ1) is 15.3. The molecule has 0 saturated carbocycles. The molecule has 2 aromatic rings. The van der Waals surface area contributed by atoms with Crippen molar-refractivity contribution in [3.63, 3.8) is 0 Å². The fraction of sp³-hybridized carbons (Fsp3) is 0.455. The molecule has 0 aromatic heterocycles. The van der Waals surface area contributed by atoms with Gasteiger partial charge in [-0.1, -0.05) is 96.1 Å². The van der Waals surface area contributed by atoms with Crippen molar-refractivity contribution < 1.29 is 0 Å². The predicted molar refractivity (Wildman–Crippen MR) is 95.3 cm³/mol. The highest BCUT2D eigenvalue weighted by atomic mass is 14.6. The summed E-state index contributed by atoms with van der Waals surface area (Å²) in [5, 5.41) is 0. The van der Waals surface area contributed by atoms with E-state index in [0.29, 0.717) is 5.92 Å². The number of benzene rings is 2. The molecule has 0 bridgehead atoms. The second kappa shape index (κ2) is 4.72. The molecular weight excluding hydrogens is 264 g/mol. The van der Waals surface area contributed by atoms with Crippen LogP contribution in [0.4, 0.5) is 0 Å². The summed E-state index contributed by atoms with van der Waals surface area (Å²) in [5.74, 6) is 0.548. The van der Waals surface area contributed by atoms with Crippen LogP contribution in [0.15, 0.2) is 54.6 Å². The average molecular weight is 292 g/mol. The molecular formula is C22H28. The van der Waals surface area contributed by atoms with Crippen molar-refractivity contribution in [3.8, 4) is 0 Å². The van der Waals surface area contributed by atoms with Gasteiger partial charge in [0.05, 0.1) is 0 Å². The largest absolute Gasteiger partial charge is 0.0622 e. The van der Waals surface area contributed by atoms with Gasteiger partial charge in [0, 0.05) is 5.41 Å². The number of hydrogen-bond acceptors (Lipinski definition) is 0. The molecule has 2 unspecified atom stereocenters. The molecule has 0 aliphatic heterocycles. The smallest absolute Gasteiger partial charge is 0.0219 e. The van der Waals surface area contributed by atoms with Crippen LogP contribution in [0.2, 0.25) is 0 Å². The number of hydrogen-bond donors (Lipinski definition) is 0. The minimum Gasteiger partial charge on any atom is -0.0622 e. The maximum absolute atomic E-state index is 2.45. The maximum atomic E-state index is 2.45. The van der Waals surface area contributed by atoms with Crippen molar-refractivity contribution in [2.45, 2.75) is 52.4 Å². The molecule has 22 heavy (non-hydrogen) atoms. The Balaban J connectivity index is 2.35. The SMILES string of the molecule is CC(C)(C)C1C(C)(C)c2ccccc2C1(C)c1ccccc1. The number of fused-ring (bicyclic) bond motifs is 1. The van der Waals surface area contributed by atoms with Gasteiger partial charge in [-0.05, 0) is 33.4 Å². The minimum atomic E-state index is 0.0552. The Bertz CT molecular complexity index is 673. The highest BCUT2D eigenvalue weighted by molar-refractivity contribution is 5.53. The Kier molecular flexibility index (Phi) is 3.29. The van der Waals surface area contributed by atoms with Gasteiger partial charge in [0.2, 0.25) is 0 Å². The van der Waals surface area contributed by atoms with E-state index in [9.17, 15) is 0 Å². The molecule has 0 N–H and O–H groups in total. The highest BCUT2D eigenvalue weighted by Crippen LogP contribution is 2.62. The molecule has 0 heteroatoms. The summed E-state index contributed by atoms with van der Waals surface area (Å²) in [6.45, 7) is 14.5. The fourth-order valence-corrected chi connectivity index (χ4v) is 5.59. The van der Waals surface area contributed by atoms with Crippen LogP contribution in [-0.2, 0) is 10.8 Å². The first-order valence-electron chi connectivity index (χ1n) is 8.35. The zero-order chi connectivity index (χ0) is 16.2. The molecule has 1 aliphatic carbocycles. The predicted octanol–water partition coefficient (Wildman–Crippen LogP) is 5.95. The lowest BCUT2D eigenvalue weighted by molar-refractivity contribution is 0.106. The van der Waals surface area contributed by atoms with Crippen LogP contribution in [0.3, 0.4) is 0 Å². The van der Waals surface area contributed by atoms with E-state index in [2.05, 4.69) is 96.1 Å². The zero-order valence-electron chi connectivity index (χ0n) is 14.8. The van der Waals surface area contributed by atoms with Gasteiger partial charge in [-0.25, -0.2) is 0 Å². The van der Waals surface area contributed by atoms with Crippen molar-refractivity contribution in [3.05, 3.63) is 71.3 Å². The molecule has 0 spiro atoms. The molecule has 2 atom stereocenters. The molecule has 0 nitrogen and oxygen atoms in total.